The molecule has 0 atom stereocenters. The van der Waals surface area contributed by atoms with Crippen LogP contribution < -0.4 is 4.72 Å². The molecule has 1 N–H and O–H groups in total. The van der Waals surface area contributed by atoms with Gasteiger partial charge in [0.1, 0.15) is 11.9 Å². The molecule has 0 amide bonds. The van der Waals surface area contributed by atoms with Gasteiger partial charge in [0.25, 0.3) is 10.0 Å². The van der Waals surface area contributed by atoms with Crippen molar-refractivity contribution in [1.29, 1.82) is 5.26 Å². The summed E-state index contributed by atoms with van der Waals surface area (Å²) in [5.74, 6) is -0.566. The van der Waals surface area contributed by atoms with Crippen molar-refractivity contribution in [2.45, 2.75) is 24.7 Å². The van der Waals surface area contributed by atoms with E-state index in [1.807, 2.05) is 13.8 Å². The van der Waals surface area contributed by atoms with Crippen molar-refractivity contribution in [3.8, 4) is 6.07 Å². The van der Waals surface area contributed by atoms with Gasteiger partial charge in [-0.3, -0.25) is 4.72 Å². The summed E-state index contributed by atoms with van der Waals surface area (Å²) in [5, 5.41) is 10.8. The molecule has 1 aromatic carbocycles. The molecule has 2 aromatic rings. The molecule has 8 heteroatoms. The number of benzene rings is 1. The van der Waals surface area contributed by atoms with Crippen LogP contribution in [0.25, 0.3) is 0 Å². The summed E-state index contributed by atoms with van der Waals surface area (Å²) in [4.78, 5) is 3.99. The van der Waals surface area contributed by atoms with Gasteiger partial charge in [-0.2, -0.15) is 5.26 Å². The van der Waals surface area contributed by atoms with Crippen LogP contribution in [0.15, 0.2) is 28.5 Å². The van der Waals surface area contributed by atoms with E-state index in [1.165, 1.54) is 11.3 Å². The Labute approximate surface area is 126 Å². The summed E-state index contributed by atoms with van der Waals surface area (Å²) in [6.45, 7) is 3.90. The topological polar surface area (TPSA) is 82.9 Å². The van der Waals surface area contributed by atoms with E-state index in [4.69, 9.17) is 5.26 Å². The van der Waals surface area contributed by atoms with Crippen LogP contribution in [-0.4, -0.2) is 13.4 Å². The lowest BCUT2D eigenvalue weighted by molar-refractivity contribution is 0.599. The minimum absolute atomic E-state index is 0.179. The molecular formula is C13H12FN3O2S2. The maximum Gasteiger partial charge on any atom is 0.263 e. The van der Waals surface area contributed by atoms with Gasteiger partial charge in [0, 0.05) is 5.38 Å². The third kappa shape index (κ3) is 3.37. The summed E-state index contributed by atoms with van der Waals surface area (Å²) >= 11 is 1.17. The zero-order valence-corrected chi connectivity index (χ0v) is 12.9. The number of thiazole rings is 1. The lowest BCUT2D eigenvalue weighted by atomic mass is 10.2. The van der Waals surface area contributed by atoms with Crippen LogP contribution in [0.2, 0.25) is 0 Å². The lowest BCUT2D eigenvalue weighted by Crippen LogP contribution is -2.13. The second-order valence-electron chi connectivity index (χ2n) is 4.59. The Bertz CT molecular complexity index is 807. The number of hydrogen-bond acceptors (Lipinski definition) is 5. The number of hydrogen-bond donors (Lipinski definition) is 1. The minimum atomic E-state index is -3.89. The predicted molar refractivity (Wildman–Crippen MR) is 78.1 cm³/mol. The van der Waals surface area contributed by atoms with Crippen molar-refractivity contribution in [1.82, 2.24) is 4.98 Å². The highest BCUT2D eigenvalue weighted by atomic mass is 32.2. The molecule has 1 aromatic heterocycles. The van der Waals surface area contributed by atoms with Crippen LogP contribution in [0.1, 0.15) is 31.0 Å². The van der Waals surface area contributed by atoms with Crippen LogP contribution in [0, 0.1) is 17.1 Å². The summed E-state index contributed by atoms with van der Waals surface area (Å²) in [5.41, 5.74) is 0.467. The normalized spacial score (nSPS) is 11.4. The van der Waals surface area contributed by atoms with E-state index in [0.717, 1.165) is 23.9 Å². The molecule has 0 fully saturated rings. The summed E-state index contributed by atoms with van der Waals surface area (Å²) in [7, 11) is -3.89. The Morgan fingerprint density at radius 2 is 2.14 bits per heavy atom. The molecule has 0 aliphatic carbocycles. The minimum Gasteiger partial charge on any atom is -0.255 e. The van der Waals surface area contributed by atoms with Gasteiger partial charge >= 0.3 is 0 Å². The Balaban J connectivity index is 2.32. The fraction of sp³-hybridized carbons (Fsp3) is 0.231. The fourth-order valence-corrected chi connectivity index (χ4v) is 3.68. The summed E-state index contributed by atoms with van der Waals surface area (Å²) in [6.07, 6.45) is 0. The smallest absolute Gasteiger partial charge is 0.255 e. The van der Waals surface area contributed by atoms with Gasteiger partial charge in [0.2, 0.25) is 0 Å². The van der Waals surface area contributed by atoms with Gasteiger partial charge in [-0.05, 0) is 24.1 Å². The molecule has 0 saturated heterocycles. The standard InChI is InChI=1S/C13H12FN3O2S2/c1-8(2)12-7-20-13(16-12)17-21(18,19)10-3-4-11(14)9(5-10)6-15/h3-5,7-8H,1-2H3,(H,16,17). The van der Waals surface area contributed by atoms with E-state index >= 15 is 0 Å². The van der Waals surface area contributed by atoms with Gasteiger partial charge in [-0.25, -0.2) is 17.8 Å². The number of anilines is 1. The molecule has 0 aliphatic heterocycles. The first-order valence-corrected chi connectivity index (χ1v) is 8.37. The third-order valence-electron chi connectivity index (χ3n) is 2.70. The predicted octanol–water partition coefficient (Wildman–Crippen LogP) is 3.08. The number of nitrogens with zero attached hydrogens (tertiary/aromatic N) is 2. The molecule has 1 heterocycles. The van der Waals surface area contributed by atoms with Gasteiger partial charge in [0.05, 0.1) is 16.2 Å². The van der Waals surface area contributed by atoms with Crippen molar-refractivity contribution in [3.05, 3.63) is 40.7 Å². The molecule has 21 heavy (non-hydrogen) atoms. The first-order valence-electron chi connectivity index (χ1n) is 6.01. The molecule has 0 saturated carbocycles. The van der Waals surface area contributed by atoms with E-state index in [-0.39, 0.29) is 21.5 Å². The largest absolute Gasteiger partial charge is 0.263 e. The number of aromatic nitrogens is 1. The molecule has 5 nitrogen and oxygen atoms in total. The highest BCUT2D eigenvalue weighted by molar-refractivity contribution is 7.93. The van der Waals surface area contributed by atoms with Crippen LogP contribution >= 0.6 is 11.3 Å². The molecule has 0 bridgehead atoms. The zero-order chi connectivity index (χ0) is 15.6. The van der Waals surface area contributed by atoms with Gasteiger partial charge in [-0.15, -0.1) is 11.3 Å². The van der Waals surface area contributed by atoms with Crippen LogP contribution in [0.5, 0.6) is 0 Å². The van der Waals surface area contributed by atoms with E-state index < -0.39 is 15.8 Å². The first-order chi connectivity index (χ1) is 9.83. The fourth-order valence-electron chi connectivity index (χ4n) is 1.53. The average Bonchev–Trinajstić information content (AvgIpc) is 2.87. The number of rotatable bonds is 4. The van der Waals surface area contributed by atoms with Crippen LogP contribution in [0.4, 0.5) is 9.52 Å². The van der Waals surface area contributed by atoms with Crippen molar-refractivity contribution in [2.24, 2.45) is 0 Å². The van der Waals surface area contributed by atoms with E-state index in [2.05, 4.69) is 9.71 Å². The zero-order valence-electron chi connectivity index (χ0n) is 11.3. The Morgan fingerprint density at radius 1 is 1.43 bits per heavy atom. The van der Waals surface area contributed by atoms with Crippen molar-refractivity contribution >= 4 is 26.5 Å². The van der Waals surface area contributed by atoms with Crippen molar-refractivity contribution < 1.29 is 12.8 Å². The third-order valence-corrected chi connectivity index (χ3v) is 4.95. The maximum absolute atomic E-state index is 13.2. The quantitative estimate of drug-likeness (QED) is 0.936. The van der Waals surface area contributed by atoms with E-state index in [0.29, 0.717) is 0 Å². The van der Waals surface area contributed by atoms with Gasteiger partial charge < -0.3 is 0 Å². The summed E-state index contributed by atoms with van der Waals surface area (Å²) in [6, 6.07) is 4.66. The molecule has 0 aliphatic rings. The van der Waals surface area contributed by atoms with Crippen molar-refractivity contribution in [2.75, 3.05) is 4.72 Å². The SMILES string of the molecule is CC(C)c1csc(NS(=O)(=O)c2ccc(F)c(C#N)c2)n1. The molecule has 110 valence electrons. The highest BCUT2D eigenvalue weighted by Crippen LogP contribution is 2.24. The Hall–Kier alpha value is -1.98. The molecule has 0 unspecified atom stereocenters. The Morgan fingerprint density at radius 3 is 2.71 bits per heavy atom. The number of halogens is 1. The number of sulfonamides is 1. The average molecular weight is 325 g/mol. The lowest BCUT2D eigenvalue weighted by Gasteiger charge is -2.06. The Kier molecular flexibility index (Phi) is 4.25. The second kappa shape index (κ2) is 5.79. The van der Waals surface area contributed by atoms with E-state index in [9.17, 15) is 12.8 Å². The van der Waals surface area contributed by atoms with Gasteiger partial charge in [0.15, 0.2) is 5.13 Å². The maximum atomic E-state index is 13.2. The molecular weight excluding hydrogens is 313 g/mol. The second-order valence-corrected chi connectivity index (χ2v) is 7.13. The van der Waals surface area contributed by atoms with E-state index in [1.54, 1.807) is 11.4 Å². The van der Waals surface area contributed by atoms with Crippen LogP contribution in [-0.2, 0) is 10.0 Å². The summed E-state index contributed by atoms with van der Waals surface area (Å²) < 4.78 is 39.9. The molecule has 0 radical (unpaired) electrons. The molecule has 0 spiro atoms. The first kappa shape index (κ1) is 15.4. The monoisotopic (exact) mass is 325 g/mol. The van der Waals surface area contributed by atoms with Crippen molar-refractivity contribution in [3.63, 3.8) is 0 Å². The van der Waals surface area contributed by atoms with Crippen LogP contribution in [0.3, 0.4) is 0 Å². The molecule has 2 rings (SSSR count). The number of nitriles is 1. The number of nitrogens with one attached hydrogen (secondary N) is 1. The highest BCUT2D eigenvalue weighted by Gasteiger charge is 2.18. The van der Waals surface area contributed by atoms with Gasteiger partial charge in [-0.1, -0.05) is 13.8 Å².